The van der Waals surface area contributed by atoms with Crippen molar-refractivity contribution in [2.24, 2.45) is 0 Å². The summed E-state index contributed by atoms with van der Waals surface area (Å²) < 4.78 is 10.8. The first-order valence-corrected chi connectivity index (χ1v) is 5.50. The fourth-order valence-electron chi connectivity index (χ4n) is 1.79. The summed E-state index contributed by atoms with van der Waals surface area (Å²) in [5.74, 6) is 1.47. The maximum Gasteiger partial charge on any atom is 0.226 e. The SMILES string of the molecule is Cc1cc(OC2OC2C)ccc1C(C)C. The molecule has 2 atom stereocenters. The fraction of sp³-hybridized carbons (Fsp3) is 0.538. The van der Waals surface area contributed by atoms with Crippen LogP contribution < -0.4 is 4.74 Å². The molecule has 0 spiro atoms. The predicted octanol–water partition coefficient (Wildman–Crippen LogP) is 3.24. The van der Waals surface area contributed by atoms with E-state index in [2.05, 4.69) is 32.9 Å². The number of ether oxygens (including phenoxy) is 2. The van der Waals surface area contributed by atoms with E-state index >= 15 is 0 Å². The third kappa shape index (κ3) is 2.32. The van der Waals surface area contributed by atoms with Crippen molar-refractivity contribution in [1.82, 2.24) is 0 Å². The average molecular weight is 206 g/mol. The number of rotatable bonds is 3. The lowest BCUT2D eigenvalue weighted by Crippen LogP contribution is -2.02. The zero-order valence-electron chi connectivity index (χ0n) is 9.78. The van der Waals surface area contributed by atoms with Crippen LogP contribution in [0.25, 0.3) is 0 Å². The van der Waals surface area contributed by atoms with Crippen molar-refractivity contribution in [3.63, 3.8) is 0 Å². The molecule has 0 radical (unpaired) electrons. The monoisotopic (exact) mass is 206 g/mol. The molecule has 2 unspecified atom stereocenters. The van der Waals surface area contributed by atoms with Gasteiger partial charge in [-0.3, -0.25) is 0 Å². The van der Waals surface area contributed by atoms with Crippen molar-refractivity contribution >= 4 is 0 Å². The lowest BCUT2D eigenvalue weighted by molar-refractivity contribution is 0.178. The van der Waals surface area contributed by atoms with E-state index in [1.165, 1.54) is 11.1 Å². The van der Waals surface area contributed by atoms with Crippen molar-refractivity contribution in [1.29, 1.82) is 0 Å². The van der Waals surface area contributed by atoms with Crippen LogP contribution in [0.1, 0.15) is 37.8 Å². The molecule has 82 valence electrons. The summed E-state index contributed by atoms with van der Waals surface area (Å²) in [6.07, 6.45) is 0.212. The van der Waals surface area contributed by atoms with E-state index in [4.69, 9.17) is 9.47 Å². The maximum absolute atomic E-state index is 5.63. The molecular formula is C13H18O2. The first-order valence-electron chi connectivity index (χ1n) is 5.50. The molecule has 1 saturated heterocycles. The first kappa shape index (κ1) is 10.5. The summed E-state index contributed by atoms with van der Waals surface area (Å²) in [4.78, 5) is 0. The minimum Gasteiger partial charge on any atom is -0.462 e. The van der Waals surface area contributed by atoms with Gasteiger partial charge in [0.25, 0.3) is 0 Å². The molecule has 0 aromatic heterocycles. The number of hydrogen-bond acceptors (Lipinski definition) is 2. The second kappa shape index (κ2) is 3.86. The van der Waals surface area contributed by atoms with Gasteiger partial charge in [0.2, 0.25) is 6.29 Å². The zero-order valence-corrected chi connectivity index (χ0v) is 9.78. The molecule has 0 amide bonds. The van der Waals surface area contributed by atoms with Crippen molar-refractivity contribution in [3.05, 3.63) is 29.3 Å². The van der Waals surface area contributed by atoms with Gasteiger partial charge in [-0.15, -0.1) is 0 Å². The van der Waals surface area contributed by atoms with E-state index in [9.17, 15) is 0 Å². The van der Waals surface area contributed by atoms with Gasteiger partial charge in [-0.25, -0.2) is 0 Å². The van der Waals surface area contributed by atoms with Crippen molar-refractivity contribution in [3.8, 4) is 5.75 Å². The Morgan fingerprint density at radius 2 is 2.00 bits per heavy atom. The summed E-state index contributed by atoms with van der Waals surface area (Å²) in [6, 6.07) is 6.25. The molecule has 2 rings (SSSR count). The molecule has 2 nitrogen and oxygen atoms in total. The van der Waals surface area contributed by atoms with E-state index in [-0.39, 0.29) is 12.4 Å². The highest BCUT2D eigenvalue weighted by atomic mass is 16.8. The Labute approximate surface area is 91.2 Å². The quantitative estimate of drug-likeness (QED) is 0.708. The van der Waals surface area contributed by atoms with Gasteiger partial charge in [0.1, 0.15) is 11.9 Å². The number of aryl methyl sites for hydroxylation is 1. The van der Waals surface area contributed by atoms with Crippen molar-refractivity contribution < 1.29 is 9.47 Å². The van der Waals surface area contributed by atoms with Gasteiger partial charge in [0.15, 0.2) is 0 Å². The number of epoxide rings is 1. The van der Waals surface area contributed by atoms with Crippen LogP contribution in [0.2, 0.25) is 0 Å². The Kier molecular flexibility index (Phi) is 2.70. The van der Waals surface area contributed by atoms with Gasteiger partial charge in [-0.2, -0.15) is 0 Å². The zero-order chi connectivity index (χ0) is 11.0. The smallest absolute Gasteiger partial charge is 0.226 e. The molecular weight excluding hydrogens is 188 g/mol. The Balaban J connectivity index is 2.11. The maximum atomic E-state index is 5.63. The number of benzene rings is 1. The highest BCUT2D eigenvalue weighted by Gasteiger charge is 2.36. The van der Waals surface area contributed by atoms with Gasteiger partial charge in [-0.05, 0) is 43.0 Å². The largest absolute Gasteiger partial charge is 0.462 e. The van der Waals surface area contributed by atoms with Crippen LogP contribution in [0.4, 0.5) is 0 Å². The molecule has 0 saturated carbocycles. The molecule has 15 heavy (non-hydrogen) atoms. The van der Waals surface area contributed by atoms with Crippen LogP contribution in [-0.4, -0.2) is 12.4 Å². The van der Waals surface area contributed by atoms with Gasteiger partial charge >= 0.3 is 0 Å². The van der Waals surface area contributed by atoms with Crippen molar-refractivity contribution in [2.45, 2.75) is 46.0 Å². The Hall–Kier alpha value is -1.02. The van der Waals surface area contributed by atoms with E-state index < -0.39 is 0 Å². The molecule has 2 heteroatoms. The second-order valence-electron chi connectivity index (χ2n) is 4.50. The van der Waals surface area contributed by atoms with Crippen LogP contribution >= 0.6 is 0 Å². The molecule has 0 aliphatic carbocycles. The predicted molar refractivity (Wildman–Crippen MR) is 60.2 cm³/mol. The highest BCUT2D eigenvalue weighted by molar-refractivity contribution is 5.36. The normalized spacial score (nSPS) is 24.3. The van der Waals surface area contributed by atoms with Crippen LogP contribution in [0.3, 0.4) is 0 Å². The molecule has 1 aliphatic heterocycles. The number of hydrogen-bond donors (Lipinski definition) is 0. The van der Waals surface area contributed by atoms with Crippen LogP contribution in [0.5, 0.6) is 5.75 Å². The highest BCUT2D eigenvalue weighted by Crippen LogP contribution is 2.28. The third-order valence-electron chi connectivity index (χ3n) is 2.77. The summed E-state index contributed by atoms with van der Waals surface area (Å²) in [5, 5.41) is 0. The minimum absolute atomic E-state index is 0.0331. The molecule has 0 bridgehead atoms. The molecule has 1 aromatic carbocycles. The molecule has 1 heterocycles. The first-order chi connectivity index (χ1) is 7.08. The molecule has 1 aliphatic rings. The Morgan fingerprint density at radius 1 is 1.33 bits per heavy atom. The van der Waals surface area contributed by atoms with Gasteiger partial charge < -0.3 is 9.47 Å². The van der Waals surface area contributed by atoms with Crippen molar-refractivity contribution in [2.75, 3.05) is 0 Å². The topological polar surface area (TPSA) is 21.8 Å². The van der Waals surface area contributed by atoms with Gasteiger partial charge in [0.05, 0.1) is 0 Å². The lowest BCUT2D eigenvalue weighted by atomic mass is 9.98. The molecule has 0 N–H and O–H groups in total. The lowest BCUT2D eigenvalue weighted by Gasteiger charge is -2.11. The Morgan fingerprint density at radius 3 is 2.47 bits per heavy atom. The van der Waals surface area contributed by atoms with Crippen LogP contribution in [0, 0.1) is 6.92 Å². The van der Waals surface area contributed by atoms with Gasteiger partial charge in [-0.1, -0.05) is 19.9 Å². The third-order valence-corrected chi connectivity index (χ3v) is 2.77. The van der Waals surface area contributed by atoms with E-state index in [1.54, 1.807) is 0 Å². The van der Waals surface area contributed by atoms with Crippen LogP contribution in [-0.2, 0) is 4.74 Å². The average Bonchev–Trinajstić information content (AvgIpc) is 2.81. The summed E-state index contributed by atoms with van der Waals surface area (Å²) in [6.45, 7) is 8.54. The second-order valence-corrected chi connectivity index (χ2v) is 4.50. The minimum atomic E-state index is -0.0331. The Bertz CT molecular complexity index is 358. The van der Waals surface area contributed by atoms with Crippen LogP contribution in [0.15, 0.2) is 18.2 Å². The van der Waals surface area contributed by atoms with E-state index in [0.717, 1.165) is 5.75 Å². The summed E-state index contributed by atoms with van der Waals surface area (Å²) in [5.41, 5.74) is 2.67. The summed E-state index contributed by atoms with van der Waals surface area (Å²) in [7, 11) is 0. The van der Waals surface area contributed by atoms with E-state index in [0.29, 0.717) is 5.92 Å². The summed E-state index contributed by atoms with van der Waals surface area (Å²) >= 11 is 0. The fourth-order valence-corrected chi connectivity index (χ4v) is 1.79. The molecule has 1 fully saturated rings. The van der Waals surface area contributed by atoms with E-state index in [1.807, 2.05) is 13.0 Å². The standard InChI is InChI=1S/C13H18O2/c1-8(2)12-6-5-11(7-9(12)3)15-13-10(4)14-13/h5-8,10,13H,1-4H3. The molecule has 1 aromatic rings. The van der Waals surface area contributed by atoms with Gasteiger partial charge in [0, 0.05) is 0 Å².